The van der Waals surface area contributed by atoms with E-state index in [1.54, 1.807) is 0 Å². The first kappa shape index (κ1) is 13.1. The van der Waals surface area contributed by atoms with Crippen LogP contribution in [-0.4, -0.2) is 25.5 Å². The zero-order valence-electron chi connectivity index (χ0n) is 12.9. The minimum Gasteiger partial charge on any atom is -0.362 e. The van der Waals surface area contributed by atoms with Crippen molar-refractivity contribution in [3.63, 3.8) is 0 Å². The smallest absolute Gasteiger partial charge is 0.119 e. The van der Waals surface area contributed by atoms with E-state index < -0.39 is 0 Å². The quantitative estimate of drug-likeness (QED) is 0.646. The molecule has 116 valence electrons. The fourth-order valence-corrected chi connectivity index (χ4v) is 3.52. The Morgan fingerprint density at radius 2 is 1.78 bits per heavy atom. The normalized spacial score (nSPS) is 17.0. The molecule has 0 aliphatic carbocycles. The third kappa shape index (κ3) is 1.90. The topological polar surface area (TPSA) is 46.6 Å². The summed E-state index contributed by atoms with van der Waals surface area (Å²) in [6.45, 7) is 2.39. The Labute approximate surface area is 133 Å². The summed E-state index contributed by atoms with van der Waals surface area (Å²) < 4.78 is 11.3. The number of hydrogen-bond acceptors (Lipinski definition) is 5. The molecular weight excluding hydrogens is 290 g/mol. The number of rotatable bonds is 0. The number of benzene rings is 2. The predicted octanol–water partition coefficient (Wildman–Crippen LogP) is 3.21. The number of nitrogens with one attached hydrogen (secondary N) is 1. The maximum atomic E-state index is 5.69. The van der Waals surface area contributed by atoms with Crippen LogP contribution in [0, 0.1) is 0 Å². The van der Waals surface area contributed by atoms with Gasteiger partial charge >= 0.3 is 0 Å². The van der Waals surface area contributed by atoms with Crippen LogP contribution >= 0.6 is 0 Å². The van der Waals surface area contributed by atoms with Gasteiger partial charge in [-0.05, 0) is 18.2 Å². The van der Waals surface area contributed by atoms with E-state index in [0.29, 0.717) is 26.7 Å². The first-order valence-electron chi connectivity index (χ1n) is 7.80. The maximum Gasteiger partial charge on any atom is 0.119 e. The Balaban J connectivity index is 1.85. The number of pyridine rings is 1. The molecule has 5 nitrogen and oxygen atoms in total. The third-order valence-corrected chi connectivity index (χ3v) is 4.69. The summed E-state index contributed by atoms with van der Waals surface area (Å²) in [5.74, 6) is 0. The summed E-state index contributed by atoms with van der Waals surface area (Å²) in [7, 11) is 2.05. The molecule has 2 aliphatic heterocycles. The van der Waals surface area contributed by atoms with Crippen molar-refractivity contribution in [2.75, 3.05) is 30.7 Å². The van der Waals surface area contributed by atoms with Gasteiger partial charge in [0, 0.05) is 40.3 Å². The van der Waals surface area contributed by atoms with Gasteiger partial charge in [-0.1, -0.05) is 12.1 Å². The highest BCUT2D eigenvalue weighted by Gasteiger charge is 2.19. The Kier molecular flexibility index (Phi) is 2.74. The zero-order valence-corrected chi connectivity index (χ0v) is 12.9. The van der Waals surface area contributed by atoms with Crippen molar-refractivity contribution in [1.82, 2.24) is 4.98 Å². The van der Waals surface area contributed by atoms with Gasteiger partial charge in [0.05, 0.1) is 24.2 Å². The largest absolute Gasteiger partial charge is 0.362 e. The van der Waals surface area contributed by atoms with Crippen LogP contribution in [0.5, 0.6) is 0 Å². The van der Waals surface area contributed by atoms with Gasteiger partial charge < -0.3 is 19.7 Å². The van der Waals surface area contributed by atoms with Crippen molar-refractivity contribution in [3.8, 4) is 0 Å². The van der Waals surface area contributed by atoms with Gasteiger partial charge in [0.15, 0.2) is 0 Å². The minimum atomic E-state index is 0.556. The van der Waals surface area contributed by atoms with Crippen LogP contribution in [-0.2, 0) is 22.7 Å². The fourth-order valence-electron chi connectivity index (χ4n) is 3.52. The first-order valence-corrected chi connectivity index (χ1v) is 7.80. The number of fused-ring (bicyclic) bond motifs is 6. The van der Waals surface area contributed by atoms with Crippen LogP contribution in [0.2, 0.25) is 0 Å². The van der Waals surface area contributed by atoms with E-state index in [-0.39, 0.29) is 0 Å². The molecule has 2 aromatic carbocycles. The molecule has 23 heavy (non-hydrogen) atoms. The van der Waals surface area contributed by atoms with Gasteiger partial charge in [-0.25, -0.2) is 4.98 Å². The van der Waals surface area contributed by atoms with Crippen LogP contribution in [0.15, 0.2) is 30.3 Å². The van der Waals surface area contributed by atoms with Crippen molar-refractivity contribution < 1.29 is 9.47 Å². The molecule has 0 fully saturated rings. The molecule has 1 N–H and O–H groups in total. The number of ether oxygens (including phenoxy) is 2. The minimum absolute atomic E-state index is 0.556. The zero-order chi connectivity index (χ0) is 15.4. The van der Waals surface area contributed by atoms with Gasteiger partial charge in [-0.3, -0.25) is 0 Å². The van der Waals surface area contributed by atoms with Crippen LogP contribution in [0.3, 0.4) is 0 Å². The lowest BCUT2D eigenvalue weighted by Gasteiger charge is -2.28. The molecular formula is C18H17N3O2. The Morgan fingerprint density at radius 3 is 2.70 bits per heavy atom. The third-order valence-electron chi connectivity index (χ3n) is 4.69. The van der Waals surface area contributed by atoms with Crippen molar-refractivity contribution in [3.05, 3.63) is 41.5 Å². The maximum absolute atomic E-state index is 5.69. The molecule has 0 saturated heterocycles. The second-order valence-corrected chi connectivity index (χ2v) is 6.13. The van der Waals surface area contributed by atoms with E-state index in [4.69, 9.17) is 14.5 Å². The molecule has 0 atom stereocenters. The van der Waals surface area contributed by atoms with E-state index >= 15 is 0 Å². The highest BCUT2D eigenvalue weighted by Crippen LogP contribution is 2.35. The molecule has 5 heteroatoms. The number of anilines is 2. The van der Waals surface area contributed by atoms with E-state index in [2.05, 4.69) is 40.5 Å². The van der Waals surface area contributed by atoms with Gasteiger partial charge in [-0.2, -0.15) is 0 Å². The van der Waals surface area contributed by atoms with Crippen molar-refractivity contribution in [2.45, 2.75) is 13.2 Å². The summed E-state index contributed by atoms with van der Waals surface area (Å²) in [6.07, 6.45) is 0. The standard InChI is InChI=1S/C18H17N3O2/c1-21-10-23-8-14-16(21)5-3-12-6-11-2-4-15-13(7-22-9-19-15)17(11)20-18(12)14/h2-6,19H,7-10H2,1H3. The van der Waals surface area contributed by atoms with Crippen LogP contribution in [0.1, 0.15) is 11.1 Å². The Bertz CT molecular complexity index is 939. The second kappa shape index (κ2) is 4.81. The van der Waals surface area contributed by atoms with Crippen LogP contribution < -0.4 is 10.2 Å². The number of hydrogen-bond donors (Lipinski definition) is 1. The molecule has 3 aromatic rings. The Morgan fingerprint density at radius 1 is 1.00 bits per heavy atom. The molecule has 0 bridgehead atoms. The van der Waals surface area contributed by atoms with Gasteiger partial charge in [0.1, 0.15) is 13.5 Å². The average Bonchev–Trinajstić information content (AvgIpc) is 2.60. The van der Waals surface area contributed by atoms with E-state index in [1.807, 2.05) is 7.05 Å². The molecule has 1 aromatic heterocycles. The van der Waals surface area contributed by atoms with Crippen LogP contribution in [0.25, 0.3) is 21.8 Å². The Hall–Kier alpha value is -2.37. The van der Waals surface area contributed by atoms with E-state index in [1.165, 1.54) is 11.3 Å². The average molecular weight is 307 g/mol. The molecule has 0 amide bonds. The highest BCUT2D eigenvalue weighted by atomic mass is 16.5. The van der Waals surface area contributed by atoms with Gasteiger partial charge in [0.2, 0.25) is 0 Å². The molecule has 5 rings (SSSR count). The molecule has 0 spiro atoms. The lowest BCUT2D eigenvalue weighted by atomic mass is 10.0. The van der Waals surface area contributed by atoms with E-state index in [9.17, 15) is 0 Å². The molecule has 0 saturated carbocycles. The van der Waals surface area contributed by atoms with Gasteiger partial charge in [-0.15, -0.1) is 0 Å². The summed E-state index contributed by atoms with van der Waals surface area (Å²) in [5.41, 5.74) is 6.67. The summed E-state index contributed by atoms with van der Waals surface area (Å²) in [6, 6.07) is 10.8. The van der Waals surface area contributed by atoms with Crippen molar-refractivity contribution >= 4 is 33.2 Å². The van der Waals surface area contributed by atoms with Gasteiger partial charge in [0.25, 0.3) is 0 Å². The second-order valence-electron chi connectivity index (χ2n) is 6.13. The number of aromatic nitrogens is 1. The van der Waals surface area contributed by atoms with Crippen molar-refractivity contribution in [2.24, 2.45) is 0 Å². The lowest BCUT2D eigenvalue weighted by Crippen LogP contribution is -2.26. The lowest BCUT2D eigenvalue weighted by molar-refractivity contribution is 0.114. The molecule has 2 aliphatic rings. The van der Waals surface area contributed by atoms with Crippen molar-refractivity contribution in [1.29, 1.82) is 0 Å². The summed E-state index contributed by atoms with van der Waals surface area (Å²) >= 11 is 0. The number of nitrogens with zero attached hydrogens (tertiary/aromatic N) is 2. The highest BCUT2D eigenvalue weighted by molar-refractivity contribution is 5.99. The fraction of sp³-hybridized carbons (Fsp3) is 0.278. The SMILES string of the molecule is CN1COCc2c1ccc1cc3ccc4c(c3nc21)COCN4. The predicted molar refractivity (Wildman–Crippen MR) is 90.6 cm³/mol. The molecule has 0 unspecified atom stereocenters. The molecule has 3 heterocycles. The summed E-state index contributed by atoms with van der Waals surface area (Å²) in [4.78, 5) is 7.13. The molecule has 0 radical (unpaired) electrons. The first-order chi connectivity index (χ1) is 11.3. The summed E-state index contributed by atoms with van der Waals surface area (Å²) in [5, 5.41) is 5.58. The van der Waals surface area contributed by atoms with Crippen LogP contribution in [0.4, 0.5) is 11.4 Å². The monoisotopic (exact) mass is 307 g/mol. The van der Waals surface area contributed by atoms with E-state index in [0.717, 1.165) is 33.1 Å².